The molecule has 3 nitrogen and oxygen atoms in total. The van der Waals surface area contributed by atoms with Gasteiger partial charge in [-0.25, -0.2) is 0 Å². The standard InChI is InChI=1S/C22H33NO2/c1-5-6-14-11-16-20-15(7-9-21(16,2)13-14)22(3)10-8-19(25)23(4)18(22)12-17(20)24/h5,8,10,14-18,20,24H,1,6-7,9,11-13H2,2-4H3/t14?,15-,16+,17?,18?,20-,21-,22-/m1/s1. The quantitative estimate of drug-likeness (QED) is 0.775. The second-order valence-electron chi connectivity index (χ2n) is 9.78. The van der Waals surface area contributed by atoms with Gasteiger partial charge in [-0.2, -0.15) is 0 Å². The van der Waals surface area contributed by atoms with Crippen LogP contribution in [-0.4, -0.2) is 35.1 Å². The van der Waals surface area contributed by atoms with E-state index in [1.807, 2.05) is 11.9 Å². The number of carbonyl (C=O) groups excluding carboxylic acids is 1. The normalized spacial score (nSPS) is 51.7. The van der Waals surface area contributed by atoms with E-state index in [-0.39, 0.29) is 23.5 Å². The first kappa shape index (κ1) is 17.3. The van der Waals surface area contributed by atoms with Crippen molar-refractivity contribution in [2.45, 2.75) is 64.5 Å². The molecule has 3 unspecified atom stereocenters. The Hall–Kier alpha value is -1.09. The lowest BCUT2D eigenvalue weighted by molar-refractivity contribution is -0.154. The van der Waals surface area contributed by atoms with Gasteiger partial charge in [0.1, 0.15) is 0 Å². The van der Waals surface area contributed by atoms with E-state index in [2.05, 4.69) is 32.6 Å². The topological polar surface area (TPSA) is 40.5 Å². The monoisotopic (exact) mass is 343 g/mol. The van der Waals surface area contributed by atoms with Crippen molar-refractivity contribution in [1.29, 1.82) is 0 Å². The molecule has 0 spiro atoms. The molecule has 1 heterocycles. The molecule has 8 atom stereocenters. The molecule has 0 aromatic carbocycles. The van der Waals surface area contributed by atoms with Crippen LogP contribution in [0, 0.1) is 34.5 Å². The molecule has 0 saturated heterocycles. The summed E-state index contributed by atoms with van der Waals surface area (Å²) < 4.78 is 0. The molecule has 3 aliphatic carbocycles. The molecule has 4 rings (SSSR count). The summed E-state index contributed by atoms with van der Waals surface area (Å²) in [6.45, 7) is 8.74. The van der Waals surface area contributed by atoms with E-state index in [0.717, 1.165) is 18.8 Å². The summed E-state index contributed by atoms with van der Waals surface area (Å²) in [5, 5.41) is 11.2. The maximum Gasteiger partial charge on any atom is 0.246 e. The van der Waals surface area contributed by atoms with Crippen LogP contribution < -0.4 is 0 Å². The summed E-state index contributed by atoms with van der Waals surface area (Å²) in [6.07, 6.45) is 12.5. The lowest BCUT2D eigenvalue weighted by Gasteiger charge is -2.61. The maximum absolute atomic E-state index is 12.2. The molecule has 1 aliphatic heterocycles. The summed E-state index contributed by atoms with van der Waals surface area (Å²) in [5.74, 6) is 2.28. The van der Waals surface area contributed by atoms with Gasteiger partial charge < -0.3 is 10.0 Å². The molecular weight excluding hydrogens is 310 g/mol. The third-order valence-corrected chi connectivity index (χ3v) is 8.52. The first-order chi connectivity index (χ1) is 11.8. The van der Waals surface area contributed by atoms with Gasteiger partial charge in [0, 0.05) is 18.5 Å². The molecule has 0 aromatic rings. The minimum Gasteiger partial charge on any atom is -0.393 e. The van der Waals surface area contributed by atoms with Gasteiger partial charge in [-0.15, -0.1) is 6.58 Å². The Morgan fingerprint density at radius 1 is 1.36 bits per heavy atom. The van der Waals surface area contributed by atoms with E-state index < -0.39 is 0 Å². The summed E-state index contributed by atoms with van der Waals surface area (Å²) in [5.41, 5.74) is 0.379. The average Bonchev–Trinajstić information content (AvgIpc) is 2.90. The van der Waals surface area contributed by atoms with Crippen LogP contribution >= 0.6 is 0 Å². The van der Waals surface area contributed by atoms with Gasteiger partial charge in [0.2, 0.25) is 5.91 Å². The van der Waals surface area contributed by atoms with Crippen molar-refractivity contribution in [2.75, 3.05) is 7.05 Å². The van der Waals surface area contributed by atoms with Crippen molar-refractivity contribution < 1.29 is 9.90 Å². The molecular formula is C22H33NO2. The molecule has 0 aromatic heterocycles. The van der Waals surface area contributed by atoms with E-state index in [9.17, 15) is 9.90 Å². The van der Waals surface area contributed by atoms with Crippen LogP contribution in [0.2, 0.25) is 0 Å². The van der Waals surface area contributed by atoms with Crippen molar-refractivity contribution in [1.82, 2.24) is 4.90 Å². The van der Waals surface area contributed by atoms with Crippen LogP contribution in [0.5, 0.6) is 0 Å². The highest BCUT2D eigenvalue weighted by Gasteiger charge is 2.61. The van der Waals surface area contributed by atoms with Gasteiger partial charge in [0.25, 0.3) is 0 Å². The third kappa shape index (κ3) is 2.38. The van der Waals surface area contributed by atoms with Crippen LogP contribution in [0.4, 0.5) is 0 Å². The number of fused-ring (bicyclic) bond motifs is 5. The predicted molar refractivity (Wildman–Crippen MR) is 99.8 cm³/mol. The summed E-state index contributed by atoms with van der Waals surface area (Å²) in [6, 6.07) is 0.135. The molecule has 138 valence electrons. The van der Waals surface area contributed by atoms with Crippen molar-refractivity contribution in [3.63, 3.8) is 0 Å². The molecule has 1 N–H and O–H groups in total. The number of carbonyl (C=O) groups is 1. The summed E-state index contributed by atoms with van der Waals surface area (Å²) in [7, 11) is 1.91. The molecule has 0 radical (unpaired) electrons. The number of nitrogens with zero attached hydrogens (tertiary/aromatic N) is 1. The molecule has 3 saturated carbocycles. The Morgan fingerprint density at radius 3 is 2.84 bits per heavy atom. The van der Waals surface area contributed by atoms with E-state index in [1.54, 1.807) is 6.08 Å². The number of aliphatic hydroxyl groups excluding tert-OH is 1. The van der Waals surface area contributed by atoms with Crippen LogP contribution in [0.1, 0.15) is 52.4 Å². The Kier molecular flexibility index (Phi) is 3.95. The second-order valence-corrected chi connectivity index (χ2v) is 9.78. The zero-order valence-electron chi connectivity index (χ0n) is 15.9. The van der Waals surface area contributed by atoms with E-state index >= 15 is 0 Å². The fourth-order valence-corrected chi connectivity index (χ4v) is 7.30. The fourth-order valence-electron chi connectivity index (χ4n) is 7.30. The SMILES string of the molecule is C=CCC1C[C@H]2[C@@H]3C(O)CC4N(C)C(=O)C=C[C@]4(C)[C@@H]3CC[C@]2(C)C1. The van der Waals surface area contributed by atoms with Crippen molar-refractivity contribution in [3.8, 4) is 0 Å². The van der Waals surface area contributed by atoms with E-state index in [4.69, 9.17) is 0 Å². The Morgan fingerprint density at radius 2 is 2.12 bits per heavy atom. The lowest BCUT2D eigenvalue weighted by Crippen LogP contribution is -2.63. The number of hydrogen-bond acceptors (Lipinski definition) is 2. The molecule has 3 fully saturated rings. The fraction of sp³-hybridized carbons (Fsp3) is 0.773. The van der Waals surface area contributed by atoms with Gasteiger partial charge in [-0.05, 0) is 73.7 Å². The average molecular weight is 344 g/mol. The summed E-state index contributed by atoms with van der Waals surface area (Å²) >= 11 is 0. The van der Waals surface area contributed by atoms with E-state index in [1.165, 1.54) is 25.7 Å². The zero-order chi connectivity index (χ0) is 18.0. The lowest BCUT2D eigenvalue weighted by atomic mass is 9.48. The van der Waals surface area contributed by atoms with Gasteiger partial charge in [-0.3, -0.25) is 4.79 Å². The predicted octanol–water partition coefficient (Wildman–Crippen LogP) is 3.79. The van der Waals surface area contributed by atoms with Crippen molar-refractivity contribution in [2.24, 2.45) is 34.5 Å². The maximum atomic E-state index is 12.2. The number of hydrogen-bond donors (Lipinski definition) is 1. The minimum atomic E-state index is -0.281. The van der Waals surface area contributed by atoms with Crippen LogP contribution in [0.15, 0.2) is 24.8 Å². The number of rotatable bonds is 2. The minimum absolute atomic E-state index is 0.00438. The smallest absolute Gasteiger partial charge is 0.246 e. The largest absolute Gasteiger partial charge is 0.393 e. The molecule has 0 bridgehead atoms. The van der Waals surface area contributed by atoms with Crippen molar-refractivity contribution in [3.05, 3.63) is 24.8 Å². The highest BCUT2D eigenvalue weighted by molar-refractivity contribution is 5.89. The van der Waals surface area contributed by atoms with Crippen molar-refractivity contribution >= 4 is 5.91 Å². The summed E-state index contributed by atoms with van der Waals surface area (Å²) in [4.78, 5) is 14.0. The third-order valence-electron chi connectivity index (χ3n) is 8.52. The Bertz CT molecular complexity index is 613. The van der Waals surface area contributed by atoms with Gasteiger partial charge >= 0.3 is 0 Å². The molecule has 1 amide bonds. The number of allylic oxidation sites excluding steroid dienone is 1. The van der Waals surface area contributed by atoms with Crippen LogP contribution in [-0.2, 0) is 4.79 Å². The molecule has 3 heteroatoms. The molecule has 4 aliphatic rings. The van der Waals surface area contributed by atoms with Gasteiger partial charge in [0.05, 0.1) is 6.10 Å². The van der Waals surface area contributed by atoms with Gasteiger partial charge in [0.15, 0.2) is 0 Å². The number of aliphatic hydroxyl groups is 1. The number of likely N-dealkylation sites (N-methyl/N-ethyl adjacent to an activating group) is 1. The Labute approximate surface area is 152 Å². The zero-order valence-corrected chi connectivity index (χ0v) is 15.9. The van der Waals surface area contributed by atoms with E-state index in [0.29, 0.717) is 23.2 Å². The number of amides is 1. The van der Waals surface area contributed by atoms with Gasteiger partial charge in [-0.1, -0.05) is 26.0 Å². The highest BCUT2D eigenvalue weighted by atomic mass is 16.3. The Balaban J connectivity index is 1.69. The van der Waals surface area contributed by atoms with Crippen LogP contribution in [0.3, 0.4) is 0 Å². The highest BCUT2D eigenvalue weighted by Crippen LogP contribution is 2.65. The first-order valence-electron chi connectivity index (χ1n) is 10.0. The van der Waals surface area contributed by atoms with Crippen LogP contribution in [0.25, 0.3) is 0 Å². The first-order valence-corrected chi connectivity index (χ1v) is 10.0. The second kappa shape index (κ2) is 5.70. The molecule has 25 heavy (non-hydrogen) atoms.